The molecule has 0 amide bonds. The van der Waals surface area contributed by atoms with Crippen LogP contribution in [0.2, 0.25) is 0 Å². The van der Waals surface area contributed by atoms with E-state index >= 15 is 0 Å². The molecule has 0 aliphatic rings. The highest BCUT2D eigenvalue weighted by atomic mass is 14.0. The Balaban J connectivity index is 3.91. The smallest absolute Gasteiger partial charge is 0.0260 e. The molecule has 0 saturated carbocycles. The van der Waals surface area contributed by atoms with Gasteiger partial charge >= 0.3 is 0 Å². The van der Waals surface area contributed by atoms with Crippen molar-refractivity contribution < 1.29 is 0 Å². The molecule has 0 atom stereocenters. The average Bonchev–Trinajstić information content (AvgIpc) is 1.97. The lowest BCUT2D eigenvalue weighted by molar-refractivity contribution is 0.769. The molecule has 0 aliphatic heterocycles. The maximum absolute atomic E-state index is 2.20. The van der Waals surface area contributed by atoms with Crippen LogP contribution in [0.1, 0.15) is 27.7 Å². The van der Waals surface area contributed by atoms with Crippen LogP contribution in [0.5, 0.6) is 0 Å². The molecule has 0 aromatic carbocycles. The van der Waals surface area contributed by atoms with Crippen molar-refractivity contribution in [2.45, 2.75) is 27.7 Å². The summed E-state index contributed by atoms with van der Waals surface area (Å²) in [4.78, 5) is 0. The van der Waals surface area contributed by atoms with E-state index in [1.165, 1.54) is 5.57 Å². The fourth-order valence-electron chi connectivity index (χ4n) is 0.575. The van der Waals surface area contributed by atoms with Crippen LogP contribution < -0.4 is 0 Å². The molecule has 0 radical (unpaired) electrons. The fraction of sp³-hybridized carbons (Fsp3) is 0.455. The van der Waals surface area contributed by atoms with Crippen LogP contribution in [0.3, 0.4) is 0 Å². The minimum absolute atomic E-state index is 0.658. The Morgan fingerprint density at radius 3 is 2.18 bits per heavy atom. The second kappa shape index (κ2) is 5.96. The average molecular weight is 150 g/mol. The molecule has 0 nitrogen and oxygen atoms in total. The Morgan fingerprint density at radius 2 is 1.73 bits per heavy atom. The largest absolute Gasteiger partial charge is 0.0877 e. The first-order valence-electron chi connectivity index (χ1n) is 4.14. The number of hydrogen-bond acceptors (Lipinski definition) is 0. The first-order valence-corrected chi connectivity index (χ1v) is 4.14. The Morgan fingerprint density at radius 1 is 1.09 bits per heavy atom. The predicted octanol–water partition coefficient (Wildman–Crippen LogP) is 3.72. The SMILES string of the molecule is C\C=C/C=C\C=C(/C)C(C)C. The number of hydrogen-bond donors (Lipinski definition) is 0. The molecule has 0 fully saturated rings. The highest BCUT2D eigenvalue weighted by Gasteiger charge is 1.91. The lowest BCUT2D eigenvalue weighted by Crippen LogP contribution is -1.86. The van der Waals surface area contributed by atoms with Gasteiger partial charge in [-0.15, -0.1) is 0 Å². The molecule has 0 unspecified atom stereocenters. The van der Waals surface area contributed by atoms with E-state index in [9.17, 15) is 0 Å². The third-order valence-electron chi connectivity index (χ3n) is 1.68. The summed E-state index contributed by atoms with van der Waals surface area (Å²) in [7, 11) is 0. The quantitative estimate of drug-likeness (QED) is 0.538. The maximum Gasteiger partial charge on any atom is -0.0260 e. The Hall–Kier alpha value is -0.780. The van der Waals surface area contributed by atoms with Crippen molar-refractivity contribution >= 4 is 0 Å². The van der Waals surface area contributed by atoms with E-state index in [1.54, 1.807) is 0 Å². The first kappa shape index (κ1) is 10.2. The molecule has 0 saturated heterocycles. The standard InChI is InChI=1S/C11H18/c1-5-6-7-8-9-11(4)10(2)3/h5-10H,1-4H3/b6-5-,8-7-,11-9+. The zero-order valence-electron chi connectivity index (χ0n) is 7.96. The molecule has 0 N–H and O–H groups in total. The highest BCUT2D eigenvalue weighted by Crippen LogP contribution is 2.07. The van der Waals surface area contributed by atoms with Gasteiger partial charge in [0.05, 0.1) is 0 Å². The van der Waals surface area contributed by atoms with E-state index in [1.807, 2.05) is 25.2 Å². The molecule has 0 bridgehead atoms. The molecular weight excluding hydrogens is 132 g/mol. The van der Waals surface area contributed by atoms with Gasteiger partial charge in [0.1, 0.15) is 0 Å². The zero-order valence-corrected chi connectivity index (χ0v) is 7.96. The van der Waals surface area contributed by atoms with E-state index in [2.05, 4.69) is 32.9 Å². The van der Waals surface area contributed by atoms with E-state index < -0.39 is 0 Å². The van der Waals surface area contributed by atoms with Crippen molar-refractivity contribution in [1.29, 1.82) is 0 Å². The summed E-state index contributed by atoms with van der Waals surface area (Å²) in [5.41, 5.74) is 1.42. The third-order valence-corrected chi connectivity index (χ3v) is 1.68. The second-order valence-corrected chi connectivity index (χ2v) is 2.98. The first-order chi connectivity index (χ1) is 5.18. The predicted molar refractivity (Wildman–Crippen MR) is 52.5 cm³/mol. The van der Waals surface area contributed by atoms with Crippen LogP contribution in [0.15, 0.2) is 36.0 Å². The summed E-state index contributed by atoms with van der Waals surface area (Å²) in [6.45, 7) is 8.58. The van der Waals surface area contributed by atoms with Crippen LogP contribution in [0.25, 0.3) is 0 Å². The van der Waals surface area contributed by atoms with Crippen molar-refractivity contribution in [3.8, 4) is 0 Å². The fourth-order valence-corrected chi connectivity index (χ4v) is 0.575. The van der Waals surface area contributed by atoms with Crippen LogP contribution in [0, 0.1) is 5.92 Å². The van der Waals surface area contributed by atoms with Crippen LogP contribution in [-0.4, -0.2) is 0 Å². The minimum Gasteiger partial charge on any atom is -0.0877 e. The maximum atomic E-state index is 2.20. The second-order valence-electron chi connectivity index (χ2n) is 2.98. The molecule has 0 heteroatoms. The van der Waals surface area contributed by atoms with Gasteiger partial charge in [-0.25, -0.2) is 0 Å². The van der Waals surface area contributed by atoms with Crippen molar-refractivity contribution in [3.63, 3.8) is 0 Å². The lowest BCUT2D eigenvalue weighted by Gasteiger charge is -2.01. The van der Waals surface area contributed by atoms with Gasteiger partial charge in [-0.2, -0.15) is 0 Å². The monoisotopic (exact) mass is 150 g/mol. The van der Waals surface area contributed by atoms with Crippen LogP contribution in [-0.2, 0) is 0 Å². The third kappa shape index (κ3) is 5.65. The van der Waals surface area contributed by atoms with Crippen molar-refractivity contribution in [2.75, 3.05) is 0 Å². The van der Waals surface area contributed by atoms with Gasteiger partial charge in [-0.05, 0) is 19.8 Å². The van der Waals surface area contributed by atoms with Crippen molar-refractivity contribution in [2.24, 2.45) is 5.92 Å². The van der Waals surface area contributed by atoms with E-state index in [4.69, 9.17) is 0 Å². The minimum atomic E-state index is 0.658. The van der Waals surface area contributed by atoms with Crippen LogP contribution >= 0.6 is 0 Å². The summed E-state index contributed by atoms with van der Waals surface area (Å²) in [6, 6.07) is 0. The van der Waals surface area contributed by atoms with Gasteiger partial charge in [-0.1, -0.05) is 49.8 Å². The van der Waals surface area contributed by atoms with Gasteiger partial charge in [0.15, 0.2) is 0 Å². The molecule has 0 heterocycles. The summed E-state index contributed by atoms with van der Waals surface area (Å²) in [5.74, 6) is 0.658. The summed E-state index contributed by atoms with van der Waals surface area (Å²) < 4.78 is 0. The molecule has 11 heavy (non-hydrogen) atoms. The van der Waals surface area contributed by atoms with E-state index in [-0.39, 0.29) is 0 Å². The molecule has 0 spiro atoms. The molecule has 0 rings (SSSR count). The Labute approximate surface area is 70.3 Å². The Kier molecular flexibility index (Phi) is 5.54. The normalized spacial score (nSPS) is 14.1. The van der Waals surface area contributed by atoms with Crippen molar-refractivity contribution in [3.05, 3.63) is 36.0 Å². The van der Waals surface area contributed by atoms with E-state index in [0.29, 0.717) is 5.92 Å². The lowest BCUT2D eigenvalue weighted by atomic mass is 10.1. The van der Waals surface area contributed by atoms with Crippen LogP contribution in [0.4, 0.5) is 0 Å². The van der Waals surface area contributed by atoms with Gasteiger partial charge in [-0.3, -0.25) is 0 Å². The molecule has 0 aromatic rings. The van der Waals surface area contributed by atoms with Gasteiger partial charge in [0.25, 0.3) is 0 Å². The van der Waals surface area contributed by atoms with Gasteiger partial charge < -0.3 is 0 Å². The molecule has 0 aromatic heterocycles. The summed E-state index contributed by atoms with van der Waals surface area (Å²) in [6.07, 6.45) is 10.3. The molecule has 0 aliphatic carbocycles. The van der Waals surface area contributed by atoms with E-state index in [0.717, 1.165) is 0 Å². The van der Waals surface area contributed by atoms with Gasteiger partial charge in [0.2, 0.25) is 0 Å². The van der Waals surface area contributed by atoms with Crippen molar-refractivity contribution in [1.82, 2.24) is 0 Å². The summed E-state index contributed by atoms with van der Waals surface area (Å²) in [5, 5.41) is 0. The Bertz CT molecular complexity index is 168. The molecular formula is C11H18. The zero-order chi connectivity index (χ0) is 8.69. The number of rotatable bonds is 3. The molecule has 62 valence electrons. The highest BCUT2D eigenvalue weighted by molar-refractivity contribution is 5.15. The summed E-state index contributed by atoms with van der Waals surface area (Å²) >= 11 is 0. The number of allylic oxidation sites excluding steroid dienone is 6. The van der Waals surface area contributed by atoms with Gasteiger partial charge in [0, 0.05) is 0 Å². The topological polar surface area (TPSA) is 0 Å².